The summed E-state index contributed by atoms with van der Waals surface area (Å²) in [6.45, 7) is 0.253. The Morgan fingerprint density at radius 2 is 1.86 bits per heavy atom. The predicted molar refractivity (Wildman–Crippen MR) is 85.0 cm³/mol. The minimum Gasteiger partial charge on any atom is -0.457 e. The summed E-state index contributed by atoms with van der Waals surface area (Å²) in [5.41, 5.74) is 2.24. The first-order valence-corrected chi connectivity index (χ1v) is 7.29. The van der Waals surface area contributed by atoms with Gasteiger partial charge in [-0.25, -0.2) is 4.79 Å². The molecule has 2 aromatic carbocycles. The maximum Gasteiger partial charge on any atom is 0.340 e. The smallest absolute Gasteiger partial charge is 0.340 e. The van der Waals surface area contributed by atoms with Crippen LogP contribution in [0.4, 0.5) is 0 Å². The molecule has 0 aliphatic rings. The van der Waals surface area contributed by atoms with Gasteiger partial charge in [0.2, 0.25) is 0 Å². The van der Waals surface area contributed by atoms with Gasteiger partial charge in [-0.2, -0.15) is 0 Å². The van der Waals surface area contributed by atoms with Crippen molar-refractivity contribution in [1.29, 1.82) is 0 Å². The molecule has 104 valence electrons. The second-order valence-corrected chi connectivity index (χ2v) is 5.41. The molecule has 0 fully saturated rings. The van der Waals surface area contributed by atoms with Gasteiger partial charge in [0.25, 0.3) is 0 Å². The predicted octanol–water partition coefficient (Wildman–Crippen LogP) is 4.35. The first-order chi connectivity index (χ1) is 10.3. The van der Waals surface area contributed by atoms with E-state index in [4.69, 9.17) is 4.74 Å². The molecule has 0 aliphatic carbocycles. The molecule has 0 amide bonds. The normalized spacial score (nSPS) is 10.5. The molecular weight excluding hydrogens is 330 g/mol. The number of esters is 1. The molecule has 0 saturated carbocycles. The zero-order valence-corrected chi connectivity index (χ0v) is 12.7. The number of ether oxygens (including phenoxy) is 1. The molecule has 0 saturated heterocycles. The third-order valence-corrected chi connectivity index (χ3v) is 3.81. The van der Waals surface area contributed by atoms with E-state index in [1.807, 2.05) is 54.6 Å². The summed E-state index contributed by atoms with van der Waals surface area (Å²) in [5.74, 6) is -0.357. The van der Waals surface area contributed by atoms with E-state index in [0.29, 0.717) is 10.0 Å². The van der Waals surface area contributed by atoms with Crippen LogP contribution in [0.25, 0.3) is 10.9 Å². The number of nitrogens with zero attached hydrogens (tertiary/aromatic N) is 1. The molecule has 3 nitrogen and oxygen atoms in total. The number of pyridine rings is 1. The second kappa shape index (κ2) is 6.06. The number of carbonyl (C=O) groups is 1. The Hall–Kier alpha value is -2.20. The maximum absolute atomic E-state index is 12.4. The zero-order chi connectivity index (χ0) is 14.7. The van der Waals surface area contributed by atoms with Crippen molar-refractivity contribution in [2.45, 2.75) is 6.61 Å². The summed E-state index contributed by atoms with van der Waals surface area (Å²) in [4.78, 5) is 16.6. The van der Waals surface area contributed by atoms with Crippen molar-refractivity contribution in [1.82, 2.24) is 4.98 Å². The molecule has 1 aromatic heterocycles. The lowest BCUT2D eigenvalue weighted by Crippen LogP contribution is -2.07. The molecule has 0 aliphatic heterocycles. The van der Waals surface area contributed by atoms with E-state index in [1.54, 1.807) is 6.20 Å². The fourth-order valence-electron chi connectivity index (χ4n) is 2.13. The highest BCUT2D eigenvalue weighted by Gasteiger charge is 2.16. The van der Waals surface area contributed by atoms with E-state index in [9.17, 15) is 4.79 Å². The molecular formula is C17H12BrNO2. The lowest BCUT2D eigenvalue weighted by molar-refractivity contribution is 0.0474. The Kier molecular flexibility index (Phi) is 3.97. The van der Waals surface area contributed by atoms with Crippen LogP contribution in [0.5, 0.6) is 0 Å². The maximum atomic E-state index is 12.4. The Morgan fingerprint density at radius 1 is 1.05 bits per heavy atom. The number of aromatic nitrogens is 1. The van der Waals surface area contributed by atoms with Gasteiger partial charge in [0.05, 0.1) is 11.1 Å². The summed E-state index contributed by atoms with van der Waals surface area (Å²) in [6, 6.07) is 17.0. The fraction of sp³-hybridized carbons (Fsp3) is 0.0588. The van der Waals surface area contributed by atoms with Gasteiger partial charge >= 0.3 is 5.97 Å². The highest BCUT2D eigenvalue weighted by atomic mass is 79.9. The Labute approximate surface area is 130 Å². The number of rotatable bonds is 3. The molecule has 4 heteroatoms. The van der Waals surface area contributed by atoms with Crippen LogP contribution < -0.4 is 0 Å². The van der Waals surface area contributed by atoms with Crippen LogP contribution in [0.1, 0.15) is 15.9 Å². The van der Waals surface area contributed by atoms with Crippen molar-refractivity contribution < 1.29 is 9.53 Å². The topological polar surface area (TPSA) is 39.2 Å². The largest absolute Gasteiger partial charge is 0.457 e. The third-order valence-electron chi connectivity index (χ3n) is 3.15. The van der Waals surface area contributed by atoms with Gasteiger partial charge in [0, 0.05) is 16.1 Å². The molecule has 3 rings (SSSR count). The zero-order valence-electron chi connectivity index (χ0n) is 11.1. The number of carbonyl (C=O) groups excluding carboxylic acids is 1. The quantitative estimate of drug-likeness (QED) is 0.664. The van der Waals surface area contributed by atoms with Crippen LogP contribution >= 0.6 is 15.9 Å². The van der Waals surface area contributed by atoms with Crippen molar-refractivity contribution in [3.8, 4) is 0 Å². The van der Waals surface area contributed by atoms with Crippen LogP contribution in [0.2, 0.25) is 0 Å². The van der Waals surface area contributed by atoms with Gasteiger partial charge in [-0.05, 0) is 39.7 Å². The molecule has 0 bridgehead atoms. The van der Waals surface area contributed by atoms with Crippen LogP contribution in [0.3, 0.4) is 0 Å². The van der Waals surface area contributed by atoms with E-state index in [2.05, 4.69) is 20.9 Å². The molecule has 0 N–H and O–H groups in total. The number of benzene rings is 2. The molecule has 0 atom stereocenters. The van der Waals surface area contributed by atoms with E-state index < -0.39 is 0 Å². The van der Waals surface area contributed by atoms with Crippen LogP contribution in [-0.2, 0) is 11.3 Å². The minimum atomic E-state index is -0.357. The lowest BCUT2D eigenvalue weighted by Gasteiger charge is -2.09. The summed E-state index contributed by atoms with van der Waals surface area (Å²) in [5, 5.41) is 0.782. The van der Waals surface area contributed by atoms with Gasteiger partial charge in [-0.15, -0.1) is 0 Å². The van der Waals surface area contributed by atoms with E-state index in [1.165, 1.54) is 0 Å². The van der Waals surface area contributed by atoms with E-state index in [0.717, 1.165) is 16.5 Å². The first-order valence-electron chi connectivity index (χ1n) is 6.50. The van der Waals surface area contributed by atoms with E-state index in [-0.39, 0.29) is 12.6 Å². The van der Waals surface area contributed by atoms with Crippen molar-refractivity contribution >= 4 is 32.8 Å². The summed E-state index contributed by atoms with van der Waals surface area (Å²) in [6.07, 6.45) is 1.70. The number of fused-ring (bicyclic) bond motifs is 1. The highest BCUT2D eigenvalue weighted by molar-refractivity contribution is 9.10. The first kappa shape index (κ1) is 13.8. The SMILES string of the molecule is O=C(OCc1ccccc1)c1c(Br)ccc2ncccc12. The summed E-state index contributed by atoms with van der Waals surface area (Å²) in [7, 11) is 0. The van der Waals surface area contributed by atoms with Crippen LogP contribution in [-0.4, -0.2) is 11.0 Å². The Balaban J connectivity index is 1.89. The third kappa shape index (κ3) is 2.95. The summed E-state index contributed by atoms with van der Waals surface area (Å²) < 4.78 is 6.12. The molecule has 0 radical (unpaired) electrons. The van der Waals surface area contributed by atoms with Crippen molar-refractivity contribution in [2.24, 2.45) is 0 Å². The Morgan fingerprint density at radius 3 is 2.67 bits per heavy atom. The van der Waals surface area contributed by atoms with Gasteiger partial charge in [0.1, 0.15) is 6.61 Å². The van der Waals surface area contributed by atoms with Gasteiger partial charge in [-0.3, -0.25) is 4.98 Å². The van der Waals surface area contributed by atoms with Crippen molar-refractivity contribution in [2.75, 3.05) is 0 Å². The van der Waals surface area contributed by atoms with E-state index >= 15 is 0 Å². The van der Waals surface area contributed by atoms with Crippen LogP contribution in [0.15, 0.2) is 65.3 Å². The number of hydrogen-bond acceptors (Lipinski definition) is 3. The fourth-order valence-corrected chi connectivity index (χ4v) is 2.64. The molecule has 0 spiro atoms. The monoisotopic (exact) mass is 341 g/mol. The average Bonchev–Trinajstić information content (AvgIpc) is 2.53. The Bertz CT molecular complexity index is 787. The van der Waals surface area contributed by atoms with Crippen LogP contribution in [0, 0.1) is 0 Å². The number of halogens is 1. The summed E-state index contributed by atoms with van der Waals surface area (Å²) >= 11 is 3.42. The molecule has 21 heavy (non-hydrogen) atoms. The average molecular weight is 342 g/mol. The second-order valence-electron chi connectivity index (χ2n) is 4.55. The molecule has 1 heterocycles. The van der Waals surface area contributed by atoms with Gasteiger partial charge in [-0.1, -0.05) is 36.4 Å². The minimum absolute atomic E-state index is 0.253. The van der Waals surface area contributed by atoms with Gasteiger partial charge in [0.15, 0.2) is 0 Å². The van der Waals surface area contributed by atoms with Gasteiger partial charge < -0.3 is 4.74 Å². The molecule has 3 aromatic rings. The lowest BCUT2D eigenvalue weighted by atomic mass is 10.1. The van der Waals surface area contributed by atoms with Crippen molar-refractivity contribution in [3.05, 3.63) is 76.4 Å². The highest BCUT2D eigenvalue weighted by Crippen LogP contribution is 2.26. The number of hydrogen-bond donors (Lipinski definition) is 0. The molecule has 0 unspecified atom stereocenters. The standard InChI is InChI=1S/C17H12BrNO2/c18-14-8-9-15-13(7-4-10-19-15)16(14)17(20)21-11-12-5-2-1-3-6-12/h1-10H,11H2. The van der Waals surface area contributed by atoms with Crippen molar-refractivity contribution in [3.63, 3.8) is 0 Å².